The van der Waals surface area contributed by atoms with Gasteiger partial charge < -0.3 is 25.5 Å². The van der Waals surface area contributed by atoms with E-state index in [0.29, 0.717) is 43.1 Å². The Hall–Kier alpha value is -4.77. The van der Waals surface area contributed by atoms with E-state index in [-0.39, 0.29) is 35.8 Å². The standard InChI is InChI=1S/C30H34N6O5/c1-4-9-19(2)22(10-7-5-6-8-15-37)34-30(40)25-17-24(33-27-13-14-32-36(25)27)29(39)31-18-21-11-12-26-23(16-21)35-28(38)20(3)41-26/h4-6,9,11-13,15-17,20,22,32H,1,7-8,10,14,18H2,2-3H3,(H,31,39)(H,34,40)(H,35,38)/b6-5+,19-9+. The quantitative estimate of drug-likeness (QED) is 0.176. The molecule has 0 aliphatic carbocycles. The number of hydrogen-bond acceptors (Lipinski definition) is 8. The number of ether oxygens (including phenoxy) is 1. The molecule has 3 aliphatic rings. The van der Waals surface area contributed by atoms with E-state index < -0.39 is 12.0 Å². The third-order valence-corrected chi connectivity index (χ3v) is 6.66. The summed E-state index contributed by atoms with van der Waals surface area (Å²) in [5.74, 6) is -0.0345. The molecule has 3 heterocycles. The second kappa shape index (κ2) is 13.5. The van der Waals surface area contributed by atoms with Crippen molar-refractivity contribution in [1.29, 1.82) is 0 Å². The van der Waals surface area contributed by atoms with Gasteiger partial charge in [-0.3, -0.25) is 19.4 Å². The molecule has 0 aromatic heterocycles. The number of nitrogens with one attached hydrogen (secondary N) is 4. The van der Waals surface area contributed by atoms with Crippen molar-refractivity contribution in [2.75, 3.05) is 11.9 Å². The van der Waals surface area contributed by atoms with Crippen LogP contribution in [0.25, 0.3) is 0 Å². The van der Waals surface area contributed by atoms with E-state index in [2.05, 4.69) is 32.9 Å². The van der Waals surface area contributed by atoms with E-state index in [0.717, 1.165) is 17.4 Å². The van der Waals surface area contributed by atoms with Gasteiger partial charge in [0.05, 0.1) is 11.7 Å². The third-order valence-electron chi connectivity index (χ3n) is 6.66. The molecule has 1 aromatic rings. The minimum Gasteiger partial charge on any atom is -0.479 e. The average Bonchev–Trinajstić information content (AvgIpc) is 3.44. The number of amides is 3. The Bertz CT molecular complexity index is 1390. The molecule has 3 amide bonds. The fourth-order valence-corrected chi connectivity index (χ4v) is 4.46. The van der Waals surface area contributed by atoms with Crippen LogP contribution >= 0.6 is 0 Å². The molecule has 41 heavy (non-hydrogen) atoms. The Balaban J connectivity index is 1.46. The summed E-state index contributed by atoms with van der Waals surface area (Å²) >= 11 is 0. The van der Waals surface area contributed by atoms with Gasteiger partial charge in [0.2, 0.25) is 0 Å². The maximum atomic E-state index is 13.5. The molecule has 0 radical (unpaired) electrons. The van der Waals surface area contributed by atoms with Crippen molar-refractivity contribution >= 4 is 35.4 Å². The molecule has 4 rings (SSSR count). The van der Waals surface area contributed by atoms with Gasteiger partial charge in [0.25, 0.3) is 17.7 Å². The summed E-state index contributed by atoms with van der Waals surface area (Å²) in [7, 11) is 0. The molecule has 0 saturated heterocycles. The molecule has 11 heteroatoms. The van der Waals surface area contributed by atoms with Crippen LogP contribution in [-0.2, 0) is 25.7 Å². The Kier molecular flexibility index (Phi) is 9.64. The van der Waals surface area contributed by atoms with Crippen LogP contribution in [0.3, 0.4) is 0 Å². The van der Waals surface area contributed by atoms with Crippen LogP contribution in [0.2, 0.25) is 0 Å². The summed E-state index contributed by atoms with van der Waals surface area (Å²) in [4.78, 5) is 53.6. The largest absolute Gasteiger partial charge is 0.479 e. The highest BCUT2D eigenvalue weighted by Crippen LogP contribution is 2.30. The number of hydrogen-bond donors (Lipinski definition) is 4. The lowest BCUT2D eigenvalue weighted by molar-refractivity contribution is -0.123. The van der Waals surface area contributed by atoms with Crippen LogP contribution < -0.4 is 26.1 Å². The second-order valence-corrected chi connectivity index (χ2v) is 9.67. The average molecular weight is 559 g/mol. The zero-order valence-electron chi connectivity index (χ0n) is 23.1. The predicted molar refractivity (Wildman–Crippen MR) is 155 cm³/mol. The number of carbonyl (C=O) groups is 4. The number of aldehydes is 1. The normalized spacial score (nSPS) is 18.6. The summed E-state index contributed by atoms with van der Waals surface area (Å²) in [6, 6.07) is 5.01. The first-order valence-corrected chi connectivity index (χ1v) is 13.4. The van der Waals surface area contributed by atoms with Crippen LogP contribution in [0.1, 0.15) is 38.7 Å². The van der Waals surface area contributed by atoms with E-state index in [1.54, 1.807) is 48.4 Å². The van der Waals surface area contributed by atoms with Gasteiger partial charge in [-0.2, -0.15) is 0 Å². The van der Waals surface area contributed by atoms with Crippen molar-refractivity contribution in [3.63, 3.8) is 0 Å². The highest BCUT2D eigenvalue weighted by molar-refractivity contribution is 6.44. The lowest BCUT2D eigenvalue weighted by atomic mass is 10.0. The zero-order chi connectivity index (χ0) is 29.4. The molecule has 2 unspecified atom stereocenters. The Morgan fingerprint density at radius 3 is 2.90 bits per heavy atom. The number of hydrazine groups is 1. The van der Waals surface area contributed by atoms with Gasteiger partial charge in [0, 0.05) is 25.6 Å². The first kappa shape index (κ1) is 29.2. The molecule has 0 spiro atoms. The molecule has 4 N–H and O–H groups in total. The van der Waals surface area contributed by atoms with Gasteiger partial charge in [-0.15, -0.1) is 0 Å². The molecule has 1 aromatic carbocycles. The predicted octanol–water partition coefficient (Wildman–Crippen LogP) is 2.56. The van der Waals surface area contributed by atoms with Crippen LogP contribution in [0.4, 0.5) is 5.69 Å². The van der Waals surface area contributed by atoms with Crippen molar-refractivity contribution in [1.82, 2.24) is 21.1 Å². The fourth-order valence-electron chi connectivity index (χ4n) is 4.46. The summed E-state index contributed by atoms with van der Waals surface area (Å²) in [6.45, 7) is 7.97. The van der Waals surface area contributed by atoms with E-state index in [9.17, 15) is 19.2 Å². The third kappa shape index (κ3) is 7.25. The SMILES string of the molecule is C=C/C=C(\C)C(CC/C=C/CC=O)NC(=O)C1=CC(C(=O)NCc2ccc3c(c2)NC(=O)C(C)O3)=NC2=CCNN21. The maximum absolute atomic E-state index is 13.5. The number of fused-ring (bicyclic) bond motifs is 2. The molecule has 3 aliphatic heterocycles. The molecular formula is C30H34N6O5. The van der Waals surface area contributed by atoms with Gasteiger partial charge in [0.1, 0.15) is 29.3 Å². The number of aliphatic imine (C=N–C) groups is 1. The molecular weight excluding hydrogens is 524 g/mol. The molecule has 0 fully saturated rings. The summed E-state index contributed by atoms with van der Waals surface area (Å²) in [5, 5.41) is 10.3. The Labute approximate surface area is 238 Å². The van der Waals surface area contributed by atoms with Gasteiger partial charge in [0.15, 0.2) is 6.10 Å². The number of allylic oxidation sites excluding steroid dienone is 4. The van der Waals surface area contributed by atoms with Crippen molar-refractivity contribution in [3.05, 3.63) is 83.9 Å². The van der Waals surface area contributed by atoms with Gasteiger partial charge in [-0.25, -0.2) is 10.4 Å². The van der Waals surface area contributed by atoms with Crippen molar-refractivity contribution in [3.8, 4) is 5.75 Å². The number of rotatable bonds is 12. The molecule has 0 saturated carbocycles. The second-order valence-electron chi connectivity index (χ2n) is 9.67. The van der Waals surface area contributed by atoms with Crippen LogP contribution in [0.5, 0.6) is 5.75 Å². The lowest BCUT2D eigenvalue weighted by Gasteiger charge is -2.28. The van der Waals surface area contributed by atoms with Crippen LogP contribution in [0, 0.1) is 0 Å². The first-order chi connectivity index (χ1) is 19.8. The minimum absolute atomic E-state index is 0.0940. The molecule has 0 bridgehead atoms. The topological polar surface area (TPSA) is 141 Å². The monoisotopic (exact) mass is 558 g/mol. The van der Waals surface area contributed by atoms with E-state index >= 15 is 0 Å². The first-order valence-electron chi connectivity index (χ1n) is 13.4. The highest BCUT2D eigenvalue weighted by atomic mass is 16.5. The maximum Gasteiger partial charge on any atom is 0.270 e. The highest BCUT2D eigenvalue weighted by Gasteiger charge is 2.31. The van der Waals surface area contributed by atoms with Gasteiger partial charge in [-0.05, 0) is 50.5 Å². The summed E-state index contributed by atoms with van der Waals surface area (Å²) in [6.07, 6.45) is 12.4. The Morgan fingerprint density at radius 2 is 2.12 bits per heavy atom. The van der Waals surface area contributed by atoms with Crippen LogP contribution in [0.15, 0.2) is 83.3 Å². The van der Waals surface area contributed by atoms with Gasteiger partial charge >= 0.3 is 0 Å². The summed E-state index contributed by atoms with van der Waals surface area (Å²) < 4.78 is 5.58. The van der Waals surface area contributed by atoms with E-state index in [1.807, 2.05) is 19.1 Å². The van der Waals surface area contributed by atoms with E-state index in [4.69, 9.17) is 4.74 Å². The number of carbonyl (C=O) groups excluding carboxylic acids is 4. The smallest absolute Gasteiger partial charge is 0.270 e. The van der Waals surface area contributed by atoms with Crippen molar-refractivity contribution in [2.45, 2.75) is 51.8 Å². The van der Waals surface area contributed by atoms with Crippen molar-refractivity contribution < 1.29 is 23.9 Å². The number of nitrogens with zero attached hydrogens (tertiary/aromatic N) is 2. The van der Waals surface area contributed by atoms with Gasteiger partial charge in [-0.1, -0.05) is 42.5 Å². The molecule has 214 valence electrons. The number of benzene rings is 1. The van der Waals surface area contributed by atoms with Crippen LogP contribution in [-0.4, -0.2) is 53.4 Å². The zero-order valence-corrected chi connectivity index (χ0v) is 23.1. The fraction of sp³-hybridized carbons (Fsp3) is 0.300. The minimum atomic E-state index is -0.572. The molecule has 11 nitrogen and oxygen atoms in total. The summed E-state index contributed by atoms with van der Waals surface area (Å²) in [5.41, 5.74) is 5.64. The number of anilines is 1. The lowest BCUT2D eigenvalue weighted by Crippen LogP contribution is -2.45. The Morgan fingerprint density at radius 1 is 1.29 bits per heavy atom. The van der Waals surface area contributed by atoms with E-state index in [1.165, 1.54) is 6.08 Å². The molecule has 2 atom stereocenters. The van der Waals surface area contributed by atoms with Crippen molar-refractivity contribution in [2.24, 2.45) is 4.99 Å².